The van der Waals surface area contributed by atoms with Crippen LogP contribution in [0.3, 0.4) is 0 Å². The number of aryl methyl sites for hydroxylation is 1. The van der Waals surface area contributed by atoms with Crippen LogP contribution in [0.5, 0.6) is 0 Å². The van der Waals surface area contributed by atoms with Gasteiger partial charge >= 0.3 is 0 Å². The molecule has 3 aromatic rings. The molecule has 20 heavy (non-hydrogen) atoms. The summed E-state index contributed by atoms with van der Waals surface area (Å²) in [4.78, 5) is 0. The highest BCUT2D eigenvalue weighted by Gasteiger charge is 2.19. The minimum absolute atomic E-state index is 0.168. The molecule has 0 aliphatic carbocycles. The Hall–Kier alpha value is -1.88. The van der Waals surface area contributed by atoms with E-state index in [-0.39, 0.29) is 6.04 Å². The van der Waals surface area contributed by atoms with Crippen molar-refractivity contribution in [2.45, 2.75) is 6.04 Å². The van der Waals surface area contributed by atoms with Crippen LogP contribution < -0.4 is 11.3 Å². The predicted molar refractivity (Wildman–Crippen MR) is 81.3 cm³/mol. The third-order valence-corrected chi connectivity index (χ3v) is 3.68. The molecule has 2 aromatic carbocycles. The van der Waals surface area contributed by atoms with Crippen molar-refractivity contribution in [2.24, 2.45) is 12.9 Å². The first-order valence-electron chi connectivity index (χ1n) is 6.34. The topological polar surface area (TPSA) is 55.9 Å². The Bertz CT molecular complexity index is 733. The number of fused-ring (bicyclic) bond motifs is 1. The fraction of sp³-hybridized carbons (Fsp3) is 0.133. The van der Waals surface area contributed by atoms with Gasteiger partial charge in [-0.05, 0) is 23.8 Å². The van der Waals surface area contributed by atoms with Gasteiger partial charge < -0.3 is 0 Å². The highest BCUT2D eigenvalue weighted by molar-refractivity contribution is 6.30. The first kappa shape index (κ1) is 13.1. The molecule has 1 heterocycles. The van der Waals surface area contributed by atoms with Crippen molar-refractivity contribution in [2.75, 3.05) is 0 Å². The van der Waals surface area contributed by atoms with Gasteiger partial charge in [-0.15, -0.1) is 0 Å². The van der Waals surface area contributed by atoms with Gasteiger partial charge in [0, 0.05) is 17.5 Å². The molecular weight excluding hydrogens is 272 g/mol. The lowest BCUT2D eigenvalue weighted by molar-refractivity contribution is 0.608. The predicted octanol–water partition coefficient (Wildman–Crippen LogP) is 2.78. The maximum Gasteiger partial charge on any atom is 0.0930 e. The smallest absolute Gasteiger partial charge is 0.0930 e. The number of aromatic nitrogens is 2. The van der Waals surface area contributed by atoms with Crippen LogP contribution in [0.4, 0.5) is 0 Å². The van der Waals surface area contributed by atoms with Crippen molar-refractivity contribution >= 4 is 22.5 Å². The monoisotopic (exact) mass is 286 g/mol. The quantitative estimate of drug-likeness (QED) is 0.575. The zero-order chi connectivity index (χ0) is 14.1. The summed E-state index contributed by atoms with van der Waals surface area (Å²) in [5.41, 5.74) is 5.86. The van der Waals surface area contributed by atoms with Crippen LogP contribution in [0, 0.1) is 0 Å². The molecule has 0 amide bonds. The second-order valence-electron chi connectivity index (χ2n) is 4.68. The van der Waals surface area contributed by atoms with E-state index in [1.807, 2.05) is 54.2 Å². The SMILES string of the molecule is Cn1nc(C(NN)c2ccc(Cl)cc2)c2ccccc21. The highest BCUT2D eigenvalue weighted by atomic mass is 35.5. The number of rotatable bonds is 3. The Kier molecular flexibility index (Phi) is 3.44. The molecule has 4 nitrogen and oxygen atoms in total. The van der Waals surface area contributed by atoms with Gasteiger partial charge in [-0.25, -0.2) is 5.43 Å². The molecule has 0 radical (unpaired) electrons. The lowest BCUT2D eigenvalue weighted by Crippen LogP contribution is -2.29. The summed E-state index contributed by atoms with van der Waals surface area (Å²) in [6.45, 7) is 0. The molecule has 102 valence electrons. The molecule has 0 aliphatic rings. The highest BCUT2D eigenvalue weighted by Crippen LogP contribution is 2.28. The van der Waals surface area contributed by atoms with Crippen LogP contribution in [0.1, 0.15) is 17.3 Å². The minimum atomic E-state index is -0.168. The number of nitrogens with two attached hydrogens (primary N) is 1. The molecule has 1 aromatic heterocycles. The normalized spacial score (nSPS) is 12.8. The summed E-state index contributed by atoms with van der Waals surface area (Å²) in [7, 11) is 1.93. The van der Waals surface area contributed by atoms with Gasteiger partial charge in [0.1, 0.15) is 0 Å². The van der Waals surface area contributed by atoms with Crippen LogP contribution in [-0.4, -0.2) is 9.78 Å². The molecule has 0 saturated heterocycles. The number of benzene rings is 2. The fourth-order valence-electron chi connectivity index (χ4n) is 2.44. The maximum absolute atomic E-state index is 5.93. The second kappa shape index (κ2) is 5.25. The minimum Gasteiger partial charge on any atom is -0.271 e. The number of nitrogens with one attached hydrogen (secondary N) is 1. The van der Waals surface area contributed by atoms with E-state index in [1.54, 1.807) is 0 Å². The molecule has 0 saturated carbocycles. The molecular formula is C15H15ClN4. The van der Waals surface area contributed by atoms with E-state index >= 15 is 0 Å². The standard InChI is InChI=1S/C15H15ClN4/c1-20-13-5-3-2-4-12(13)15(19-20)14(18-17)10-6-8-11(16)9-7-10/h2-9,14,18H,17H2,1H3. The Morgan fingerprint density at radius 1 is 1.15 bits per heavy atom. The number of hydrogen-bond donors (Lipinski definition) is 2. The van der Waals surface area contributed by atoms with Crippen molar-refractivity contribution in [3.05, 3.63) is 64.8 Å². The Morgan fingerprint density at radius 3 is 2.55 bits per heavy atom. The fourth-order valence-corrected chi connectivity index (χ4v) is 2.57. The van der Waals surface area contributed by atoms with Gasteiger partial charge in [0.15, 0.2) is 0 Å². The molecule has 3 N–H and O–H groups in total. The van der Waals surface area contributed by atoms with E-state index in [0.717, 1.165) is 22.2 Å². The number of para-hydroxylation sites is 1. The summed E-state index contributed by atoms with van der Waals surface area (Å²) in [6, 6.07) is 15.5. The van der Waals surface area contributed by atoms with Crippen molar-refractivity contribution in [3.63, 3.8) is 0 Å². The van der Waals surface area contributed by atoms with E-state index in [2.05, 4.69) is 16.6 Å². The molecule has 0 fully saturated rings. The van der Waals surface area contributed by atoms with Crippen LogP contribution in [0.15, 0.2) is 48.5 Å². The largest absolute Gasteiger partial charge is 0.271 e. The molecule has 0 bridgehead atoms. The van der Waals surface area contributed by atoms with Gasteiger partial charge in [-0.3, -0.25) is 10.5 Å². The first-order chi connectivity index (χ1) is 9.70. The molecule has 1 atom stereocenters. The summed E-state index contributed by atoms with van der Waals surface area (Å²) < 4.78 is 1.87. The van der Waals surface area contributed by atoms with Gasteiger partial charge in [0.25, 0.3) is 0 Å². The zero-order valence-electron chi connectivity index (χ0n) is 11.0. The Balaban J connectivity index is 2.14. The Labute approximate surface area is 122 Å². The van der Waals surface area contributed by atoms with Crippen LogP contribution in [0.2, 0.25) is 5.02 Å². The lowest BCUT2D eigenvalue weighted by Gasteiger charge is -2.14. The van der Waals surface area contributed by atoms with Crippen molar-refractivity contribution in [3.8, 4) is 0 Å². The van der Waals surface area contributed by atoms with Gasteiger partial charge in [-0.1, -0.05) is 41.9 Å². The Morgan fingerprint density at radius 2 is 1.85 bits per heavy atom. The molecule has 5 heteroatoms. The summed E-state index contributed by atoms with van der Waals surface area (Å²) >= 11 is 5.93. The average molecular weight is 287 g/mol. The van der Waals surface area contributed by atoms with Crippen molar-refractivity contribution < 1.29 is 0 Å². The number of nitrogens with zero attached hydrogens (tertiary/aromatic N) is 2. The van der Waals surface area contributed by atoms with E-state index in [0.29, 0.717) is 5.02 Å². The number of hydrazine groups is 1. The molecule has 0 spiro atoms. The maximum atomic E-state index is 5.93. The van der Waals surface area contributed by atoms with Gasteiger partial charge in [0.2, 0.25) is 0 Å². The third kappa shape index (κ3) is 2.18. The van der Waals surface area contributed by atoms with Gasteiger partial charge in [-0.2, -0.15) is 5.10 Å². The first-order valence-corrected chi connectivity index (χ1v) is 6.71. The molecule has 0 aliphatic heterocycles. The summed E-state index contributed by atoms with van der Waals surface area (Å²) in [5, 5.41) is 6.40. The van der Waals surface area contributed by atoms with Crippen molar-refractivity contribution in [1.29, 1.82) is 0 Å². The molecule has 3 rings (SSSR count). The van der Waals surface area contributed by atoms with Crippen LogP contribution >= 0.6 is 11.6 Å². The van der Waals surface area contributed by atoms with E-state index < -0.39 is 0 Å². The van der Waals surface area contributed by atoms with Crippen LogP contribution in [0.25, 0.3) is 10.9 Å². The second-order valence-corrected chi connectivity index (χ2v) is 5.11. The molecule has 1 unspecified atom stereocenters. The number of hydrogen-bond acceptors (Lipinski definition) is 3. The van der Waals surface area contributed by atoms with Gasteiger partial charge in [0.05, 0.1) is 17.3 Å². The lowest BCUT2D eigenvalue weighted by atomic mass is 10.0. The van der Waals surface area contributed by atoms with E-state index in [1.165, 1.54) is 0 Å². The zero-order valence-corrected chi connectivity index (χ0v) is 11.8. The van der Waals surface area contributed by atoms with E-state index in [4.69, 9.17) is 17.4 Å². The van der Waals surface area contributed by atoms with Crippen LogP contribution in [-0.2, 0) is 7.05 Å². The summed E-state index contributed by atoms with van der Waals surface area (Å²) in [5.74, 6) is 5.74. The van der Waals surface area contributed by atoms with Crippen molar-refractivity contribution in [1.82, 2.24) is 15.2 Å². The average Bonchev–Trinajstić information content (AvgIpc) is 2.80. The number of halogens is 1. The van der Waals surface area contributed by atoms with E-state index in [9.17, 15) is 0 Å². The third-order valence-electron chi connectivity index (χ3n) is 3.43. The summed E-state index contributed by atoms with van der Waals surface area (Å²) in [6.07, 6.45) is 0.